The van der Waals surface area contributed by atoms with E-state index in [2.05, 4.69) is 22.1 Å². The molecule has 3 fully saturated rings. The van der Waals surface area contributed by atoms with Crippen LogP contribution in [0.2, 0.25) is 0 Å². The lowest BCUT2D eigenvalue weighted by Crippen LogP contribution is -2.67. The van der Waals surface area contributed by atoms with Crippen LogP contribution in [0.4, 0.5) is 0 Å². The number of imidazole rings is 1. The number of carbonyl (C=O) groups excluding carboxylic acids is 2. The number of nitrogens with zero attached hydrogens (tertiary/aromatic N) is 3. The molecule has 1 aromatic heterocycles. The lowest BCUT2D eigenvalue weighted by molar-refractivity contribution is -0.135. The fraction of sp³-hybridized carbons (Fsp3) is 0.526. The molecule has 2 unspecified atom stereocenters. The van der Waals surface area contributed by atoms with Gasteiger partial charge in [-0.3, -0.25) is 24.0 Å². The summed E-state index contributed by atoms with van der Waals surface area (Å²) in [5, 5.41) is 7.24. The maximum atomic E-state index is 13.1. The van der Waals surface area contributed by atoms with E-state index < -0.39 is 11.9 Å². The highest BCUT2D eigenvalue weighted by molar-refractivity contribution is 5.99. The number of amides is 2. The third kappa shape index (κ3) is 2.58. The van der Waals surface area contributed by atoms with Gasteiger partial charge in [0.05, 0.1) is 16.4 Å². The minimum absolute atomic E-state index is 0.232. The van der Waals surface area contributed by atoms with Crippen molar-refractivity contribution in [1.82, 2.24) is 24.7 Å². The van der Waals surface area contributed by atoms with Gasteiger partial charge < -0.3 is 10.2 Å². The Hall–Kier alpha value is -2.61. The summed E-state index contributed by atoms with van der Waals surface area (Å²) in [6, 6.07) is 0.121. The van der Waals surface area contributed by atoms with Crippen LogP contribution in [0.25, 0.3) is 11.8 Å². The molecule has 0 saturated carbocycles. The van der Waals surface area contributed by atoms with Gasteiger partial charge in [0, 0.05) is 38.6 Å². The number of carbonyl (C=O) groups is 2. The Morgan fingerprint density at radius 3 is 2.48 bits per heavy atom. The summed E-state index contributed by atoms with van der Waals surface area (Å²) in [5.41, 5.74) is 0.673. The van der Waals surface area contributed by atoms with E-state index >= 15 is 0 Å². The monoisotopic (exact) mass is 371 g/mol. The number of hydrogen-bond donors (Lipinski definition) is 2. The number of rotatable bonds is 3. The summed E-state index contributed by atoms with van der Waals surface area (Å²) >= 11 is 0. The van der Waals surface area contributed by atoms with Crippen molar-refractivity contribution in [1.29, 1.82) is 0 Å². The van der Waals surface area contributed by atoms with Crippen LogP contribution >= 0.6 is 0 Å². The number of aromatic nitrogens is 2. The molecule has 3 aliphatic heterocycles. The van der Waals surface area contributed by atoms with Crippen LogP contribution in [-0.4, -0.2) is 51.0 Å². The largest absolute Gasteiger partial charge is 0.361 e. The number of hydrogen-bond acceptors (Lipinski definition) is 5. The van der Waals surface area contributed by atoms with Crippen molar-refractivity contribution < 1.29 is 9.59 Å². The molecule has 2 bridgehead atoms. The molecule has 0 aliphatic carbocycles. The molecule has 0 radical (unpaired) electrons. The zero-order valence-electron chi connectivity index (χ0n) is 15.7. The number of piperazine rings is 1. The predicted molar refractivity (Wildman–Crippen MR) is 101 cm³/mol. The Bertz CT molecular complexity index is 988. The van der Waals surface area contributed by atoms with Gasteiger partial charge in [0.2, 0.25) is 11.8 Å². The highest BCUT2D eigenvalue weighted by atomic mass is 16.2. The molecule has 4 heterocycles. The lowest BCUT2D eigenvalue weighted by Gasteiger charge is -2.55. The van der Waals surface area contributed by atoms with Gasteiger partial charge in [-0.2, -0.15) is 0 Å². The standard InChI is InChI=1S/C19H25N5O3/c1-4-13(23-11-8-12(23)10-20-9-11)17-14(5-2)24(19(27)22(17)3)15-6-7-16(25)21-18(15)26/h4-5,11-12,15,20H,1,6-10H2,2-3H3,(H,21,25,26)/b14-5+,17-13-/t11-,12?,15?/m1/s1. The Labute approximate surface area is 156 Å². The molecule has 3 saturated heterocycles. The first-order valence-corrected chi connectivity index (χ1v) is 9.41. The Kier molecular flexibility index (Phi) is 4.30. The average molecular weight is 371 g/mol. The average Bonchev–Trinajstić information content (AvgIpc) is 2.91. The van der Waals surface area contributed by atoms with E-state index in [0.717, 1.165) is 30.6 Å². The van der Waals surface area contributed by atoms with E-state index in [4.69, 9.17) is 0 Å². The normalized spacial score (nSPS) is 29.3. The zero-order valence-corrected chi connectivity index (χ0v) is 15.7. The van der Waals surface area contributed by atoms with Gasteiger partial charge in [-0.15, -0.1) is 0 Å². The minimum atomic E-state index is -0.676. The van der Waals surface area contributed by atoms with E-state index in [0.29, 0.717) is 23.9 Å². The molecule has 27 heavy (non-hydrogen) atoms. The summed E-state index contributed by atoms with van der Waals surface area (Å²) in [6.45, 7) is 7.69. The van der Waals surface area contributed by atoms with Crippen molar-refractivity contribution in [2.45, 2.75) is 44.3 Å². The molecule has 3 atom stereocenters. The topological polar surface area (TPSA) is 88.4 Å². The maximum Gasteiger partial charge on any atom is 0.329 e. The molecule has 144 valence electrons. The highest BCUT2D eigenvalue weighted by Crippen LogP contribution is 2.32. The van der Waals surface area contributed by atoms with Crippen LogP contribution in [0.3, 0.4) is 0 Å². The fourth-order valence-corrected chi connectivity index (χ4v) is 4.65. The highest BCUT2D eigenvalue weighted by Gasteiger charge is 2.42. The van der Waals surface area contributed by atoms with Crippen LogP contribution in [0.5, 0.6) is 0 Å². The maximum absolute atomic E-state index is 13.1. The molecule has 1 aromatic rings. The van der Waals surface area contributed by atoms with Crippen LogP contribution in [0.1, 0.15) is 32.2 Å². The first-order chi connectivity index (χ1) is 13.0. The second kappa shape index (κ2) is 6.53. The molecule has 8 heteroatoms. The molecule has 4 rings (SSSR count). The van der Waals surface area contributed by atoms with Crippen LogP contribution < -0.4 is 27.0 Å². The van der Waals surface area contributed by atoms with E-state index in [1.54, 1.807) is 17.7 Å². The molecule has 0 spiro atoms. The molecule has 2 amide bonds. The third-order valence-corrected chi connectivity index (χ3v) is 5.93. The summed E-state index contributed by atoms with van der Waals surface area (Å²) in [5.74, 6) is -0.708. The van der Waals surface area contributed by atoms with Gasteiger partial charge in [-0.1, -0.05) is 12.7 Å². The SMILES string of the molecule is C=C/C(=c1\c(=C/C)n(C2CCC(=O)NC2=O)c(=O)n1C)N1C2CNC[C@H]1C2. The molecule has 3 aliphatic rings. The molecule has 8 nitrogen and oxygen atoms in total. The Morgan fingerprint density at radius 1 is 1.22 bits per heavy atom. The second-order valence-electron chi connectivity index (χ2n) is 7.40. The summed E-state index contributed by atoms with van der Waals surface area (Å²) < 4.78 is 3.12. The summed E-state index contributed by atoms with van der Waals surface area (Å²) in [4.78, 5) is 39.3. The smallest absolute Gasteiger partial charge is 0.329 e. The van der Waals surface area contributed by atoms with Crippen molar-refractivity contribution in [3.05, 3.63) is 33.8 Å². The summed E-state index contributed by atoms with van der Waals surface area (Å²) in [6.07, 6.45) is 5.36. The van der Waals surface area contributed by atoms with E-state index in [1.807, 2.05) is 13.0 Å². The van der Waals surface area contributed by atoms with Crippen molar-refractivity contribution in [2.24, 2.45) is 7.05 Å². The van der Waals surface area contributed by atoms with Gasteiger partial charge in [-0.05, 0) is 25.8 Å². The number of nitrogens with one attached hydrogen (secondary N) is 2. The number of piperidine rings is 2. The van der Waals surface area contributed by atoms with Crippen molar-refractivity contribution in [2.75, 3.05) is 13.1 Å². The lowest BCUT2D eigenvalue weighted by atomic mass is 9.88. The minimum Gasteiger partial charge on any atom is -0.361 e. The zero-order chi connectivity index (χ0) is 19.3. The van der Waals surface area contributed by atoms with Gasteiger partial charge in [0.1, 0.15) is 6.04 Å². The van der Waals surface area contributed by atoms with Crippen molar-refractivity contribution in [3.63, 3.8) is 0 Å². The van der Waals surface area contributed by atoms with E-state index in [-0.39, 0.29) is 18.0 Å². The Balaban J connectivity index is 1.93. The van der Waals surface area contributed by atoms with Crippen LogP contribution in [-0.2, 0) is 16.6 Å². The second-order valence-corrected chi connectivity index (χ2v) is 7.40. The van der Waals surface area contributed by atoms with E-state index in [1.165, 1.54) is 4.57 Å². The van der Waals surface area contributed by atoms with E-state index in [9.17, 15) is 14.4 Å². The van der Waals surface area contributed by atoms with Crippen molar-refractivity contribution >= 4 is 23.6 Å². The third-order valence-electron chi connectivity index (χ3n) is 5.93. The fourth-order valence-electron chi connectivity index (χ4n) is 4.65. The quantitative estimate of drug-likeness (QED) is 0.619. The molecule has 2 N–H and O–H groups in total. The van der Waals surface area contributed by atoms with Gasteiger partial charge in [-0.25, -0.2) is 4.79 Å². The van der Waals surface area contributed by atoms with Crippen LogP contribution in [0, 0.1) is 0 Å². The molecular weight excluding hydrogens is 346 g/mol. The predicted octanol–water partition coefficient (Wildman–Crippen LogP) is -1.69. The van der Waals surface area contributed by atoms with Crippen molar-refractivity contribution in [3.8, 4) is 0 Å². The Morgan fingerprint density at radius 2 is 1.93 bits per heavy atom. The van der Waals surface area contributed by atoms with Gasteiger partial charge in [0.25, 0.3) is 0 Å². The number of imide groups is 1. The van der Waals surface area contributed by atoms with Gasteiger partial charge >= 0.3 is 5.69 Å². The molecular formula is C19H25N5O3. The first-order valence-electron chi connectivity index (χ1n) is 9.41. The van der Waals surface area contributed by atoms with Gasteiger partial charge in [0.15, 0.2) is 0 Å². The first kappa shape index (κ1) is 17.8. The molecule has 0 aromatic carbocycles. The number of fused-ring (bicyclic) bond motifs is 2. The summed E-state index contributed by atoms with van der Waals surface area (Å²) in [7, 11) is 1.73. The van der Waals surface area contributed by atoms with Crippen LogP contribution in [0.15, 0.2) is 17.4 Å².